The SMILES string of the molecule is Cc1nc2cc(C(=O)O)nn2c(C)c1Cl. The first kappa shape index (κ1) is 9.92. The maximum Gasteiger partial charge on any atom is 0.356 e. The average molecular weight is 226 g/mol. The van der Waals surface area contributed by atoms with Crippen LogP contribution in [0, 0.1) is 13.8 Å². The number of fused-ring (bicyclic) bond motifs is 1. The quantitative estimate of drug-likeness (QED) is 0.802. The minimum absolute atomic E-state index is 0.0349. The Morgan fingerprint density at radius 1 is 1.53 bits per heavy atom. The molecule has 0 bridgehead atoms. The van der Waals surface area contributed by atoms with Gasteiger partial charge in [-0.2, -0.15) is 5.10 Å². The van der Waals surface area contributed by atoms with E-state index >= 15 is 0 Å². The fourth-order valence-electron chi connectivity index (χ4n) is 1.38. The van der Waals surface area contributed by atoms with Crippen LogP contribution in [0.5, 0.6) is 0 Å². The number of rotatable bonds is 1. The number of nitrogens with zero attached hydrogens (tertiary/aromatic N) is 3. The Kier molecular flexibility index (Phi) is 2.12. The van der Waals surface area contributed by atoms with Gasteiger partial charge in [0, 0.05) is 6.07 Å². The highest BCUT2D eigenvalue weighted by atomic mass is 35.5. The first-order valence-corrected chi connectivity index (χ1v) is 4.64. The molecule has 6 heteroatoms. The van der Waals surface area contributed by atoms with E-state index in [1.807, 2.05) is 0 Å². The lowest BCUT2D eigenvalue weighted by Crippen LogP contribution is -2.01. The van der Waals surface area contributed by atoms with E-state index in [0.717, 1.165) is 0 Å². The third-order valence-corrected chi connectivity index (χ3v) is 2.69. The number of carbonyl (C=O) groups is 1. The van der Waals surface area contributed by atoms with E-state index in [9.17, 15) is 4.79 Å². The molecular weight excluding hydrogens is 218 g/mol. The Labute approximate surface area is 90.3 Å². The first-order valence-electron chi connectivity index (χ1n) is 4.26. The highest BCUT2D eigenvalue weighted by molar-refractivity contribution is 6.31. The van der Waals surface area contributed by atoms with Crippen molar-refractivity contribution in [3.05, 3.63) is 28.2 Å². The van der Waals surface area contributed by atoms with Crippen LogP contribution in [-0.2, 0) is 0 Å². The second-order valence-corrected chi connectivity index (χ2v) is 3.58. The van der Waals surface area contributed by atoms with Crippen LogP contribution < -0.4 is 0 Å². The zero-order valence-electron chi connectivity index (χ0n) is 8.15. The maximum absolute atomic E-state index is 10.7. The molecule has 15 heavy (non-hydrogen) atoms. The van der Waals surface area contributed by atoms with Gasteiger partial charge >= 0.3 is 5.97 Å². The van der Waals surface area contributed by atoms with Gasteiger partial charge in [-0.05, 0) is 13.8 Å². The summed E-state index contributed by atoms with van der Waals surface area (Å²) in [4.78, 5) is 14.9. The Morgan fingerprint density at radius 3 is 2.80 bits per heavy atom. The number of carboxylic acid groups (broad SMARTS) is 1. The number of hydrogen-bond donors (Lipinski definition) is 1. The van der Waals surface area contributed by atoms with Crippen molar-refractivity contribution in [2.45, 2.75) is 13.8 Å². The van der Waals surface area contributed by atoms with Crippen LogP contribution in [0.3, 0.4) is 0 Å². The molecule has 0 saturated carbocycles. The molecule has 0 fully saturated rings. The summed E-state index contributed by atoms with van der Waals surface area (Å²) >= 11 is 5.97. The van der Waals surface area contributed by atoms with Crippen molar-refractivity contribution in [1.82, 2.24) is 14.6 Å². The molecule has 2 aromatic rings. The van der Waals surface area contributed by atoms with Gasteiger partial charge in [-0.25, -0.2) is 14.3 Å². The molecule has 0 amide bonds. The molecule has 0 spiro atoms. The molecule has 2 aromatic heterocycles. The monoisotopic (exact) mass is 225 g/mol. The van der Waals surface area contributed by atoms with Crippen LogP contribution in [0.25, 0.3) is 5.65 Å². The summed E-state index contributed by atoms with van der Waals surface area (Å²) < 4.78 is 1.43. The molecule has 2 heterocycles. The third kappa shape index (κ3) is 1.45. The molecule has 0 aliphatic heterocycles. The van der Waals surface area contributed by atoms with Crippen LogP contribution in [-0.4, -0.2) is 25.7 Å². The van der Waals surface area contributed by atoms with Crippen molar-refractivity contribution < 1.29 is 9.90 Å². The summed E-state index contributed by atoms with van der Waals surface area (Å²) in [7, 11) is 0. The third-order valence-electron chi connectivity index (χ3n) is 2.14. The standard InChI is InChI=1S/C9H8ClN3O2/c1-4-8(10)5(2)13-7(11-4)3-6(12-13)9(14)15/h3H,1-2H3,(H,14,15). The summed E-state index contributed by atoms with van der Waals surface area (Å²) in [6.07, 6.45) is 0. The highest BCUT2D eigenvalue weighted by Crippen LogP contribution is 2.19. The van der Waals surface area contributed by atoms with Crippen molar-refractivity contribution in [2.24, 2.45) is 0 Å². The van der Waals surface area contributed by atoms with Crippen molar-refractivity contribution >= 4 is 23.2 Å². The highest BCUT2D eigenvalue weighted by Gasteiger charge is 2.13. The smallest absolute Gasteiger partial charge is 0.356 e. The van der Waals surface area contributed by atoms with Gasteiger partial charge in [0.15, 0.2) is 11.3 Å². The molecule has 78 valence electrons. The predicted octanol–water partition coefficient (Wildman–Crippen LogP) is 1.70. The second kappa shape index (κ2) is 3.20. The van der Waals surface area contributed by atoms with Gasteiger partial charge in [-0.3, -0.25) is 0 Å². The van der Waals surface area contributed by atoms with Gasteiger partial charge in [-0.1, -0.05) is 11.6 Å². The van der Waals surface area contributed by atoms with Crippen molar-refractivity contribution in [2.75, 3.05) is 0 Å². The van der Waals surface area contributed by atoms with E-state index in [0.29, 0.717) is 22.1 Å². The van der Waals surface area contributed by atoms with Crippen LogP contribution in [0.2, 0.25) is 5.02 Å². The van der Waals surface area contributed by atoms with E-state index in [1.54, 1.807) is 13.8 Å². The Bertz CT molecular complexity index is 562. The van der Waals surface area contributed by atoms with Crippen molar-refractivity contribution in [3.63, 3.8) is 0 Å². The van der Waals surface area contributed by atoms with E-state index in [-0.39, 0.29) is 5.69 Å². The number of aromatic nitrogens is 3. The minimum Gasteiger partial charge on any atom is -0.476 e. The van der Waals surface area contributed by atoms with Gasteiger partial charge in [0.1, 0.15) is 0 Å². The predicted molar refractivity (Wildman–Crippen MR) is 54.4 cm³/mol. The fraction of sp³-hybridized carbons (Fsp3) is 0.222. The number of hydrogen-bond acceptors (Lipinski definition) is 3. The van der Waals surface area contributed by atoms with Crippen LogP contribution >= 0.6 is 11.6 Å². The van der Waals surface area contributed by atoms with Crippen LogP contribution in [0.1, 0.15) is 21.9 Å². The Balaban J connectivity index is 2.82. The van der Waals surface area contributed by atoms with Crippen molar-refractivity contribution in [1.29, 1.82) is 0 Å². The molecule has 0 atom stereocenters. The number of carboxylic acids is 1. The summed E-state index contributed by atoms with van der Waals surface area (Å²) in [5.41, 5.74) is 1.81. The molecule has 0 aliphatic carbocycles. The van der Waals surface area contributed by atoms with E-state index < -0.39 is 5.97 Å². The zero-order chi connectivity index (χ0) is 11.2. The second-order valence-electron chi connectivity index (χ2n) is 3.20. The number of aromatic carboxylic acids is 1. The van der Waals surface area contributed by atoms with Gasteiger partial charge in [-0.15, -0.1) is 0 Å². The van der Waals surface area contributed by atoms with E-state index in [4.69, 9.17) is 16.7 Å². The average Bonchev–Trinajstić information content (AvgIpc) is 2.58. The summed E-state index contributed by atoms with van der Waals surface area (Å²) in [6, 6.07) is 1.42. The molecule has 0 saturated heterocycles. The normalized spacial score (nSPS) is 10.9. The maximum atomic E-state index is 10.7. The van der Waals surface area contributed by atoms with Gasteiger partial charge < -0.3 is 5.11 Å². The van der Waals surface area contributed by atoms with Gasteiger partial charge in [0.05, 0.1) is 16.4 Å². The summed E-state index contributed by atoms with van der Waals surface area (Å²) in [6.45, 7) is 3.53. The Hall–Kier alpha value is -1.62. The molecule has 1 N–H and O–H groups in total. The molecule has 0 unspecified atom stereocenters. The topological polar surface area (TPSA) is 67.5 Å². The lowest BCUT2D eigenvalue weighted by Gasteiger charge is -2.03. The van der Waals surface area contributed by atoms with Gasteiger partial charge in [0.2, 0.25) is 0 Å². The van der Waals surface area contributed by atoms with E-state index in [1.165, 1.54) is 10.6 Å². The molecule has 0 radical (unpaired) electrons. The lowest BCUT2D eigenvalue weighted by molar-refractivity contribution is 0.0690. The molecule has 0 aromatic carbocycles. The van der Waals surface area contributed by atoms with Crippen molar-refractivity contribution in [3.8, 4) is 0 Å². The number of halogens is 1. The summed E-state index contributed by atoms with van der Waals surface area (Å²) in [5.74, 6) is -1.08. The minimum atomic E-state index is -1.08. The molecule has 2 rings (SSSR count). The van der Waals surface area contributed by atoms with Gasteiger partial charge in [0.25, 0.3) is 0 Å². The zero-order valence-corrected chi connectivity index (χ0v) is 8.91. The lowest BCUT2D eigenvalue weighted by atomic mass is 10.3. The molecular formula is C9H8ClN3O2. The summed E-state index contributed by atoms with van der Waals surface area (Å²) in [5, 5.41) is 13.2. The molecule has 0 aliphatic rings. The largest absolute Gasteiger partial charge is 0.476 e. The fourth-order valence-corrected chi connectivity index (χ4v) is 1.50. The van der Waals surface area contributed by atoms with Crippen LogP contribution in [0.15, 0.2) is 6.07 Å². The van der Waals surface area contributed by atoms with E-state index in [2.05, 4.69) is 10.1 Å². The molecule has 5 nitrogen and oxygen atoms in total. The Morgan fingerprint density at radius 2 is 2.20 bits per heavy atom. The van der Waals surface area contributed by atoms with Crippen LogP contribution in [0.4, 0.5) is 0 Å². The number of aryl methyl sites for hydroxylation is 2. The first-order chi connectivity index (χ1) is 7.00.